The van der Waals surface area contributed by atoms with Gasteiger partial charge in [0.2, 0.25) is 6.79 Å². The SMILES string of the molecule is COc1ccc(C2(O)OC(=O)C(C3=COCO3)=C2Cc2cccc(CN(C)C)c2)cc1. The van der Waals surface area contributed by atoms with Crippen LogP contribution >= 0.6 is 0 Å². The highest BCUT2D eigenvalue weighted by Crippen LogP contribution is 2.44. The van der Waals surface area contributed by atoms with E-state index in [1.165, 1.54) is 6.26 Å². The molecule has 0 amide bonds. The van der Waals surface area contributed by atoms with Gasteiger partial charge in [-0.15, -0.1) is 0 Å². The number of hydrogen-bond donors (Lipinski definition) is 1. The third-order valence-electron chi connectivity index (χ3n) is 5.23. The number of ether oxygens (including phenoxy) is 4. The Labute approximate surface area is 181 Å². The fourth-order valence-corrected chi connectivity index (χ4v) is 3.83. The average molecular weight is 423 g/mol. The summed E-state index contributed by atoms with van der Waals surface area (Å²) >= 11 is 0. The molecule has 7 heteroatoms. The summed E-state index contributed by atoms with van der Waals surface area (Å²) in [5, 5.41) is 11.6. The van der Waals surface area contributed by atoms with Crippen molar-refractivity contribution in [2.45, 2.75) is 18.8 Å². The predicted molar refractivity (Wildman–Crippen MR) is 113 cm³/mol. The molecule has 1 unspecified atom stereocenters. The normalized spacial score (nSPS) is 20.4. The molecule has 4 rings (SSSR count). The summed E-state index contributed by atoms with van der Waals surface area (Å²) in [6.07, 6.45) is 1.67. The summed E-state index contributed by atoms with van der Waals surface area (Å²) in [4.78, 5) is 14.9. The van der Waals surface area contributed by atoms with Crippen molar-refractivity contribution < 1.29 is 28.8 Å². The lowest BCUT2D eigenvalue weighted by Crippen LogP contribution is -2.29. The summed E-state index contributed by atoms with van der Waals surface area (Å²) in [6, 6.07) is 14.8. The molecule has 162 valence electrons. The smallest absolute Gasteiger partial charge is 0.345 e. The second-order valence-corrected chi connectivity index (χ2v) is 7.76. The van der Waals surface area contributed by atoms with Gasteiger partial charge in [0.15, 0.2) is 5.76 Å². The van der Waals surface area contributed by atoms with Crippen molar-refractivity contribution in [1.29, 1.82) is 0 Å². The molecule has 0 saturated heterocycles. The fourth-order valence-electron chi connectivity index (χ4n) is 3.83. The topological polar surface area (TPSA) is 77.5 Å². The fraction of sp³-hybridized carbons (Fsp3) is 0.292. The van der Waals surface area contributed by atoms with Crippen molar-refractivity contribution in [3.63, 3.8) is 0 Å². The highest BCUT2D eigenvalue weighted by Gasteiger charge is 2.49. The van der Waals surface area contributed by atoms with Crippen molar-refractivity contribution in [3.8, 4) is 5.75 Å². The molecule has 0 fully saturated rings. The van der Waals surface area contributed by atoms with Crippen LogP contribution in [0.2, 0.25) is 0 Å². The maximum absolute atomic E-state index is 12.8. The Bertz CT molecular complexity index is 1040. The second kappa shape index (κ2) is 8.45. The molecule has 2 heterocycles. The zero-order valence-corrected chi connectivity index (χ0v) is 17.8. The first-order valence-corrected chi connectivity index (χ1v) is 9.92. The van der Waals surface area contributed by atoms with Crippen LogP contribution < -0.4 is 4.74 Å². The lowest BCUT2D eigenvalue weighted by molar-refractivity contribution is -0.186. The summed E-state index contributed by atoms with van der Waals surface area (Å²) in [5.74, 6) is -1.69. The quantitative estimate of drug-likeness (QED) is 0.686. The number of rotatable bonds is 7. The van der Waals surface area contributed by atoms with Crippen LogP contribution in [0.3, 0.4) is 0 Å². The predicted octanol–water partition coefficient (Wildman–Crippen LogP) is 2.84. The van der Waals surface area contributed by atoms with Gasteiger partial charge in [0.25, 0.3) is 5.79 Å². The third-order valence-corrected chi connectivity index (χ3v) is 5.23. The van der Waals surface area contributed by atoms with Crippen molar-refractivity contribution in [1.82, 2.24) is 4.90 Å². The van der Waals surface area contributed by atoms with Gasteiger partial charge in [-0.3, -0.25) is 0 Å². The van der Waals surface area contributed by atoms with E-state index in [0.29, 0.717) is 23.3 Å². The van der Waals surface area contributed by atoms with Gasteiger partial charge in [-0.25, -0.2) is 4.79 Å². The van der Waals surface area contributed by atoms with Crippen LogP contribution in [-0.4, -0.2) is 44.0 Å². The van der Waals surface area contributed by atoms with E-state index in [9.17, 15) is 9.90 Å². The van der Waals surface area contributed by atoms with Gasteiger partial charge < -0.3 is 29.0 Å². The first-order valence-electron chi connectivity index (χ1n) is 9.92. The third kappa shape index (κ3) is 4.15. The van der Waals surface area contributed by atoms with Gasteiger partial charge >= 0.3 is 5.97 Å². The molecule has 1 atom stereocenters. The zero-order valence-electron chi connectivity index (χ0n) is 17.8. The largest absolute Gasteiger partial charge is 0.497 e. The van der Waals surface area contributed by atoms with Crippen LogP contribution in [0.25, 0.3) is 0 Å². The first-order chi connectivity index (χ1) is 14.9. The summed E-state index contributed by atoms with van der Waals surface area (Å²) in [5.41, 5.74) is 3.09. The molecule has 0 spiro atoms. The molecule has 0 bridgehead atoms. The average Bonchev–Trinajstić information content (AvgIpc) is 3.35. The molecule has 0 aliphatic carbocycles. The highest BCUT2D eigenvalue weighted by molar-refractivity contribution is 5.97. The number of aliphatic hydroxyl groups is 1. The number of hydrogen-bond acceptors (Lipinski definition) is 7. The lowest BCUT2D eigenvalue weighted by Gasteiger charge is -2.26. The number of carbonyl (C=O) groups excluding carboxylic acids is 1. The molecule has 2 aromatic carbocycles. The Morgan fingerprint density at radius 1 is 1.13 bits per heavy atom. The number of benzene rings is 2. The van der Waals surface area contributed by atoms with Gasteiger partial charge in [0.1, 0.15) is 17.6 Å². The molecular weight excluding hydrogens is 398 g/mol. The molecule has 31 heavy (non-hydrogen) atoms. The van der Waals surface area contributed by atoms with Crippen molar-refractivity contribution >= 4 is 5.97 Å². The maximum Gasteiger partial charge on any atom is 0.345 e. The Morgan fingerprint density at radius 3 is 2.52 bits per heavy atom. The van der Waals surface area contributed by atoms with Crippen LogP contribution in [0.15, 0.2) is 71.7 Å². The molecule has 0 aromatic heterocycles. The van der Waals surface area contributed by atoms with E-state index in [4.69, 9.17) is 18.9 Å². The molecule has 7 nitrogen and oxygen atoms in total. The van der Waals surface area contributed by atoms with E-state index < -0.39 is 11.8 Å². The Balaban J connectivity index is 1.78. The van der Waals surface area contributed by atoms with Gasteiger partial charge in [-0.2, -0.15) is 0 Å². The maximum atomic E-state index is 12.8. The Hall–Kier alpha value is -3.29. The van der Waals surface area contributed by atoms with Crippen molar-refractivity contribution in [3.05, 3.63) is 88.4 Å². The molecule has 2 aromatic rings. The van der Waals surface area contributed by atoms with Gasteiger partial charge in [-0.1, -0.05) is 24.3 Å². The molecule has 2 aliphatic rings. The van der Waals surface area contributed by atoms with Crippen molar-refractivity contribution in [2.24, 2.45) is 0 Å². The Kier molecular flexibility index (Phi) is 5.71. The Morgan fingerprint density at radius 2 is 1.87 bits per heavy atom. The van der Waals surface area contributed by atoms with Gasteiger partial charge in [0.05, 0.1) is 7.11 Å². The number of carbonyl (C=O) groups is 1. The van der Waals surface area contributed by atoms with Crippen LogP contribution in [0.5, 0.6) is 5.75 Å². The lowest BCUT2D eigenvalue weighted by atomic mass is 9.89. The van der Waals surface area contributed by atoms with E-state index in [1.807, 2.05) is 32.3 Å². The molecule has 0 saturated carbocycles. The first kappa shape index (κ1) is 21.0. The second-order valence-electron chi connectivity index (χ2n) is 7.76. The van der Waals surface area contributed by atoms with E-state index >= 15 is 0 Å². The number of methoxy groups -OCH3 is 1. The molecular formula is C24H25NO6. The number of esters is 1. The van der Waals surface area contributed by atoms with E-state index in [0.717, 1.165) is 17.7 Å². The van der Waals surface area contributed by atoms with Gasteiger partial charge in [-0.05, 0) is 49.5 Å². The van der Waals surface area contributed by atoms with Crippen LogP contribution in [-0.2, 0) is 37.8 Å². The summed E-state index contributed by atoms with van der Waals surface area (Å²) < 4.78 is 21.3. The molecule has 0 radical (unpaired) electrons. The molecule has 1 N–H and O–H groups in total. The van der Waals surface area contributed by atoms with Crippen LogP contribution in [0.4, 0.5) is 0 Å². The van der Waals surface area contributed by atoms with Gasteiger partial charge in [0, 0.05) is 24.1 Å². The van der Waals surface area contributed by atoms with E-state index in [2.05, 4.69) is 11.0 Å². The van der Waals surface area contributed by atoms with Crippen LogP contribution in [0, 0.1) is 0 Å². The minimum Gasteiger partial charge on any atom is -0.497 e. The standard InChI is InChI=1S/C24H25NO6/c1-25(2)13-17-6-4-5-16(11-17)12-20-22(21-14-29-15-30-21)23(26)31-24(20,27)18-7-9-19(28-3)10-8-18/h4-11,14,27H,12-13,15H2,1-3H3. The minimum atomic E-state index is -1.93. The summed E-state index contributed by atoms with van der Waals surface area (Å²) in [6.45, 7) is 0.790. The monoisotopic (exact) mass is 423 g/mol. The zero-order chi connectivity index (χ0) is 22.0. The minimum absolute atomic E-state index is 0.0126. The van der Waals surface area contributed by atoms with E-state index in [1.54, 1.807) is 31.4 Å². The number of nitrogens with zero attached hydrogens (tertiary/aromatic N) is 1. The van der Waals surface area contributed by atoms with Crippen molar-refractivity contribution in [2.75, 3.05) is 28.0 Å². The summed E-state index contributed by atoms with van der Waals surface area (Å²) in [7, 11) is 5.57. The number of cyclic esters (lactones) is 1. The molecule has 2 aliphatic heterocycles. The highest BCUT2D eigenvalue weighted by atomic mass is 16.7. The van der Waals surface area contributed by atoms with E-state index in [-0.39, 0.29) is 18.1 Å². The van der Waals surface area contributed by atoms with Crippen LogP contribution in [0.1, 0.15) is 16.7 Å².